The molecule has 0 saturated heterocycles. The molecule has 0 aliphatic carbocycles. The van der Waals surface area contributed by atoms with E-state index in [-0.39, 0.29) is 52.5 Å². The van der Waals surface area contributed by atoms with Gasteiger partial charge in [-0.3, -0.25) is 18.8 Å². The number of thioether (sulfide) groups is 4. The normalized spacial score (nSPS) is 11.8. The SMILES string of the molecule is CC.CC.CC.CC.CC(C)=C1Sc2ncoc2N1C.CC(C)=C1Sc2ncsc2N1C.CC(C)=C1Sc2occc2N1C.CC(C)=C1Sc2scnc2N1C.F.F.F.F.[B].[B].[B].[B]. The second-order valence-electron chi connectivity index (χ2n) is 11.8. The second kappa shape index (κ2) is 39.5. The van der Waals surface area contributed by atoms with Crippen molar-refractivity contribution in [1.82, 2.24) is 15.0 Å². The van der Waals surface area contributed by atoms with Gasteiger partial charge < -0.3 is 28.4 Å². The van der Waals surface area contributed by atoms with Gasteiger partial charge in [-0.1, -0.05) is 67.2 Å². The zero-order valence-electron chi connectivity index (χ0n) is 41.2. The molecule has 0 unspecified atom stereocenters. The molecule has 0 N–H and O–H groups in total. The van der Waals surface area contributed by atoms with Gasteiger partial charge >= 0.3 is 0 Å². The van der Waals surface area contributed by atoms with Gasteiger partial charge in [0.1, 0.15) is 14.2 Å². The fourth-order valence-corrected chi connectivity index (χ4v) is 10.9. The molecule has 4 aliphatic rings. The summed E-state index contributed by atoms with van der Waals surface area (Å²) in [4.78, 5) is 21.3. The molecule has 8 heterocycles. The Morgan fingerprint density at radius 2 is 0.922 bits per heavy atom. The molecule has 0 amide bonds. The maximum Gasteiger partial charge on any atom is 0.235 e. The highest BCUT2D eigenvalue weighted by molar-refractivity contribution is 8.05. The number of aromatic nitrogens is 3. The molecule has 23 heteroatoms. The Labute approximate surface area is 415 Å². The number of thiazole rings is 2. The zero-order valence-corrected chi connectivity index (χ0v) is 46.1. The average Bonchev–Trinajstić information content (AvgIpc) is 4.05. The number of oxazole rings is 1. The number of allylic oxidation sites excluding steroid dienone is 4. The van der Waals surface area contributed by atoms with E-state index in [0.29, 0.717) is 0 Å². The summed E-state index contributed by atoms with van der Waals surface area (Å²) in [6.45, 7) is 32.9. The first-order valence-corrected chi connectivity index (χ1v) is 24.1. The van der Waals surface area contributed by atoms with E-state index in [4.69, 9.17) is 8.83 Å². The minimum atomic E-state index is 0. The third-order valence-electron chi connectivity index (χ3n) is 7.15. The van der Waals surface area contributed by atoms with Crippen molar-refractivity contribution >= 4 is 126 Å². The molecule has 8 rings (SSSR count). The number of hydrogen-bond donors (Lipinski definition) is 0. The summed E-state index contributed by atoms with van der Waals surface area (Å²) in [6, 6.07) is 2.00. The van der Waals surface area contributed by atoms with Crippen LogP contribution in [-0.4, -0.2) is 76.8 Å². The molecule has 0 atom stereocenters. The van der Waals surface area contributed by atoms with Crippen molar-refractivity contribution in [1.29, 1.82) is 0 Å². The number of rotatable bonds is 0. The van der Waals surface area contributed by atoms with Crippen molar-refractivity contribution < 1.29 is 27.7 Å². The number of furan rings is 1. The standard InChI is InChI=1S/C9H11NOS.C8H10N2OS.2C8H10N2S2.4C2H6.4B.4FH/c1-6(2)8-10(3)7-4-5-11-9(7)12-8;1-5(2)8-10(3)7-6(12-8)9-4-11-7;1-5(2)7-10(3)8-6(12-7)9-4-11-8;1-5(2)7-10(3)6-8(12-7)11-4-9-6;4*1-2;;;;;;;;/h4-5H,1-3H3;3*4H,1-3H3;4*1-2H3;;;;;4*1H. The third kappa shape index (κ3) is 19.6. The fraction of sp³-hybridized carbons (Fsp3) is 0.488. The molecular weight excluding hydrogens is 934 g/mol. The second-order valence-corrected chi connectivity index (χ2v) is 17.7. The predicted octanol–water partition coefficient (Wildman–Crippen LogP) is 14.6. The molecule has 0 bridgehead atoms. The lowest BCUT2D eigenvalue weighted by Gasteiger charge is -2.12. The summed E-state index contributed by atoms with van der Waals surface area (Å²) >= 11 is 10.4. The smallest absolute Gasteiger partial charge is 0.235 e. The van der Waals surface area contributed by atoms with Crippen LogP contribution in [-0.2, 0) is 0 Å². The van der Waals surface area contributed by atoms with Crippen LogP contribution in [0.3, 0.4) is 0 Å². The van der Waals surface area contributed by atoms with Crippen molar-refractivity contribution in [3.8, 4) is 0 Å². The largest absolute Gasteiger partial charge is 0.455 e. The van der Waals surface area contributed by atoms with Crippen LogP contribution in [0.5, 0.6) is 0 Å². The highest BCUT2D eigenvalue weighted by Crippen LogP contribution is 2.49. The van der Waals surface area contributed by atoms with E-state index in [2.05, 4.69) is 106 Å². The maximum absolute atomic E-state index is 5.31. The zero-order chi connectivity index (χ0) is 42.9. The third-order valence-corrected chi connectivity index (χ3v) is 14.6. The lowest BCUT2D eigenvalue weighted by atomic mass is 10.3. The van der Waals surface area contributed by atoms with E-state index >= 15 is 0 Å². The van der Waals surface area contributed by atoms with Crippen molar-refractivity contribution in [2.24, 2.45) is 0 Å². The van der Waals surface area contributed by atoms with E-state index in [1.165, 1.54) is 63.7 Å². The molecule has 9 nitrogen and oxygen atoms in total. The Kier molecular flexibility index (Phi) is 48.4. The van der Waals surface area contributed by atoms with Crippen LogP contribution in [0.25, 0.3) is 0 Å². The maximum atomic E-state index is 5.31. The summed E-state index contributed by atoms with van der Waals surface area (Å²) in [5.41, 5.74) is 10.3. The number of halogens is 4. The minimum absolute atomic E-state index is 0. The van der Waals surface area contributed by atoms with Crippen LogP contribution in [0.15, 0.2) is 100 Å². The molecule has 356 valence electrons. The van der Waals surface area contributed by atoms with Gasteiger partial charge in [-0.2, -0.15) is 0 Å². The molecule has 0 spiro atoms. The van der Waals surface area contributed by atoms with E-state index in [0.717, 1.165) is 26.8 Å². The predicted molar refractivity (Wildman–Crippen MR) is 288 cm³/mol. The lowest BCUT2D eigenvalue weighted by molar-refractivity contribution is 0.478. The Morgan fingerprint density at radius 3 is 1.36 bits per heavy atom. The molecule has 0 aromatic carbocycles. The molecule has 0 saturated carbocycles. The Bertz CT molecular complexity index is 1670. The topological polar surface area (TPSA) is 77.9 Å². The molecule has 64 heavy (non-hydrogen) atoms. The summed E-state index contributed by atoms with van der Waals surface area (Å²) in [5.74, 6) is 1.97. The van der Waals surface area contributed by atoms with E-state index < -0.39 is 0 Å². The summed E-state index contributed by atoms with van der Waals surface area (Å²) in [7, 11) is 8.23. The van der Waals surface area contributed by atoms with E-state index in [1.807, 2.05) is 96.2 Å². The van der Waals surface area contributed by atoms with Crippen molar-refractivity contribution in [2.75, 3.05) is 47.8 Å². The first kappa shape index (κ1) is 78.4. The molecular formula is C41H69B4F4N7O2S6. The van der Waals surface area contributed by atoms with Gasteiger partial charge in [0, 0.05) is 67.9 Å². The number of anilines is 4. The van der Waals surface area contributed by atoms with Gasteiger partial charge in [0.2, 0.25) is 5.88 Å². The van der Waals surface area contributed by atoms with Gasteiger partial charge in [0.25, 0.3) is 0 Å². The molecule has 4 aliphatic heterocycles. The van der Waals surface area contributed by atoms with Gasteiger partial charge in [0.15, 0.2) is 22.3 Å². The Balaban J connectivity index is -0.0000000994. The average molecular weight is 1000 g/mol. The molecule has 0 fully saturated rings. The van der Waals surface area contributed by atoms with Crippen molar-refractivity contribution in [2.45, 2.75) is 130 Å². The first-order valence-electron chi connectivity index (χ1n) is 19.0. The monoisotopic (exact) mass is 1000 g/mol. The molecule has 4 aromatic heterocycles. The summed E-state index contributed by atoms with van der Waals surface area (Å²) in [5, 5.41) is 9.55. The summed E-state index contributed by atoms with van der Waals surface area (Å²) in [6.07, 6.45) is 3.21. The van der Waals surface area contributed by atoms with Gasteiger partial charge in [0.05, 0.1) is 43.1 Å². The van der Waals surface area contributed by atoms with Gasteiger partial charge in [-0.15, -0.1) is 22.7 Å². The highest BCUT2D eigenvalue weighted by atomic mass is 32.2. The van der Waals surface area contributed by atoms with Gasteiger partial charge in [-0.25, -0.2) is 15.0 Å². The van der Waals surface area contributed by atoms with Crippen LogP contribution in [0.1, 0.15) is 111 Å². The number of fused-ring (bicyclic) bond motifs is 4. The summed E-state index contributed by atoms with van der Waals surface area (Å²) < 4.78 is 11.9. The van der Waals surface area contributed by atoms with Gasteiger partial charge in [-0.05, 0) is 113 Å². The Morgan fingerprint density at radius 1 is 0.484 bits per heavy atom. The minimum Gasteiger partial charge on any atom is -0.455 e. The molecule has 12 radical (unpaired) electrons. The number of hydrogen-bond acceptors (Lipinski definition) is 15. The lowest BCUT2D eigenvalue weighted by Crippen LogP contribution is -2.11. The van der Waals surface area contributed by atoms with Crippen LogP contribution < -0.4 is 19.6 Å². The van der Waals surface area contributed by atoms with Crippen LogP contribution >= 0.6 is 69.7 Å². The highest BCUT2D eigenvalue weighted by Gasteiger charge is 2.28. The van der Waals surface area contributed by atoms with E-state index in [9.17, 15) is 0 Å². The first-order chi connectivity index (χ1) is 26.8. The Hall–Kier alpha value is -2.71. The van der Waals surface area contributed by atoms with Crippen LogP contribution in [0.2, 0.25) is 0 Å². The van der Waals surface area contributed by atoms with E-state index in [1.54, 1.807) is 64.2 Å². The number of nitrogens with zero attached hydrogens (tertiary/aromatic N) is 7. The van der Waals surface area contributed by atoms with Crippen molar-refractivity contribution in [3.63, 3.8) is 0 Å². The quantitative estimate of drug-likeness (QED) is 0.124. The van der Waals surface area contributed by atoms with Crippen LogP contribution in [0.4, 0.5) is 41.2 Å². The fourth-order valence-electron chi connectivity index (χ4n) is 4.95. The molecule has 4 aromatic rings. The van der Waals surface area contributed by atoms with Crippen molar-refractivity contribution in [3.05, 3.63) is 72.2 Å². The van der Waals surface area contributed by atoms with Crippen LogP contribution in [0, 0.1) is 0 Å².